The van der Waals surface area contributed by atoms with Gasteiger partial charge in [0.25, 0.3) is 0 Å². The molecule has 3 heterocycles. The topological polar surface area (TPSA) is 80.5 Å². The van der Waals surface area contributed by atoms with Crippen LogP contribution < -0.4 is 5.32 Å². The number of aromatic nitrogens is 2. The van der Waals surface area contributed by atoms with Gasteiger partial charge >= 0.3 is 0 Å². The van der Waals surface area contributed by atoms with Crippen molar-refractivity contribution in [3.05, 3.63) is 58.1 Å². The Kier molecular flexibility index (Phi) is 6.66. The van der Waals surface area contributed by atoms with Gasteiger partial charge in [0.15, 0.2) is 0 Å². The molecule has 2 aromatic heterocycles. The van der Waals surface area contributed by atoms with Crippen LogP contribution >= 0.6 is 11.3 Å². The molecule has 29 heavy (non-hydrogen) atoms. The maximum atomic E-state index is 12.3. The van der Waals surface area contributed by atoms with Crippen molar-refractivity contribution < 1.29 is 14.1 Å². The first-order valence-electron chi connectivity index (χ1n) is 9.76. The van der Waals surface area contributed by atoms with Gasteiger partial charge in [0, 0.05) is 50.0 Å². The Morgan fingerprint density at radius 1 is 1.17 bits per heavy atom. The molecule has 0 atom stereocenters. The molecule has 152 valence electrons. The molecule has 1 aromatic carbocycles. The molecule has 0 spiro atoms. The van der Waals surface area contributed by atoms with Gasteiger partial charge in [0.2, 0.25) is 17.6 Å². The van der Waals surface area contributed by atoms with Crippen molar-refractivity contribution in [2.24, 2.45) is 0 Å². The van der Waals surface area contributed by atoms with Crippen molar-refractivity contribution in [1.29, 1.82) is 0 Å². The van der Waals surface area contributed by atoms with E-state index in [-0.39, 0.29) is 5.91 Å². The Balaban J connectivity index is 1.26. The predicted octanol–water partition coefficient (Wildman–Crippen LogP) is 2.88. The molecular weight excluding hydrogens is 388 g/mol. The van der Waals surface area contributed by atoms with E-state index in [2.05, 4.69) is 32.5 Å². The van der Waals surface area contributed by atoms with E-state index in [1.165, 1.54) is 5.56 Å². The van der Waals surface area contributed by atoms with Crippen molar-refractivity contribution in [2.75, 3.05) is 26.3 Å². The van der Waals surface area contributed by atoms with Crippen LogP contribution in [-0.4, -0.2) is 47.3 Å². The molecule has 1 amide bonds. The standard InChI is InChI=1S/C21H24N4O3S/c26-19(5-6-20-23-21(24-28-20)18-7-12-29-15-18)22-13-16-3-1-2-4-17(16)14-25-8-10-27-11-9-25/h1-4,7,12,15H,5-6,8-11,13-14H2,(H,22,26). The number of hydrogen-bond acceptors (Lipinski definition) is 7. The van der Waals surface area contributed by atoms with Gasteiger partial charge in [-0.2, -0.15) is 16.3 Å². The highest BCUT2D eigenvalue weighted by molar-refractivity contribution is 7.08. The summed E-state index contributed by atoms with van der Waals surface area (Å²) in [6.45, 7) is 4.84. The second kappa shape index (κ2) is 9.78. The SMILES string of the molecule is O=C(CCc1nc(-c2ccsc2)no1)NCc1ccccc1CN1CCOCC1. The maximum absolute atomic E-state index is 12.3. The van der Waals surface area contributed by atoms with E-state index in [4.69, 9.17) is 9.26 Å². The largest absolute Gasteiger partial charge is 0.379 e. The lowest BCUT2D eigenvalue weighted by Crippen LogP contribution is -2.36. The van der Waals surface area contributed by atoms with Crippen LogP contribution in [0.5, 0.6) is 0 Å². The minimum absolute atomic E-state index is 0.0264. The molecule has 1 aliphatic heterocycles. The quantitative estimate of drug-likeness (QED) is 0.613. The summed E-state index contributed by atoms with van der Waals surface area (Å²) in [7, 11) is 0. The molecule has 1 aliphatic rings. The molecule has 1 fully saturated rings. The first kappa shape index (κ1) is 19.8. The van der Waals surface area contributed by atoms with Crippen molar-refractivity contribution in [2.45, 2.75) is 25.9 Å². The molecule has 8 heteroatoms. The zero-order valence-corrected chi connectivity index (χ0v) is 17.0. The van der Waals surface area contributed by atoms with Gasteiger partial charge in [-0.25, -0.2) is 0 Å². The van der Waals surface area contributed by atoms with E-state index in [0.29, 0.717) is 31.1 Å². The molecule has 3 aromatic rings. The predicted molar refractivity (Wildman–Crippen MR) is 110 cm³/mol. The lowest BCUT2D eigenvalue weighted by atomic mass is 10.1. The summed E-state index contributed by atoms with van der Waals surface area (Å²) < 4.78 is 10.7. The number of carbonyl (C=O) groups excluding carboxylic acids is 1. The van der Waals surface area contributed by atoms with Gasteiger partial charge < -0.3 is 14.6 Å². The first-order chi connectivity index (χ1) is 14.3. The Morgan fingerprint density at radius 3 is 2.79 bits per heavy atom. The summed E-state index contributed by atoms with van der Waals surface area (Å²) in [4.78, 5) is 19.0. The van der Waals surface area contributed by atoms with Gasteiger partial charge in [-0.3, -0.25) is 9.69 Å². The summed E-state index contributed by atoms with van der Waals surface area (Å²) in [5, 5.41) is 10.9. The van der Waals surface area contributed by atoms with Crippen LogP contribution in [0.3, 0.4) is 0 Å². The number of aryl methyl sites for hydroxylation is 1. The van der Waals surface area contributed by atoms with Gasteiger partial charge in [0.1, 0.15) is 0 Å². The summed E-state index contributed by atoms with van der Waals surface area (Å²) >= 11 is 1.58. The number of thiophene rings is 1. The van der Waals surface area contributed by atoms with Crippen LogP contribution in [0.15, 0.2) is 45.6 Å². The summed E-state index contributed by atoms with van der Waals surface area (Å²) in [6.07, 6.45) is 0.745. The second-order valence-electron chi connectivity index (χ2n) is 6.96. The third-order valence-corrected chi connectivity index (χ3v) is 5.59. The molecule has 1 saturated heterocycles. The van der Waals surface area contributed by atoms with Crippen LogP contribution in [0.2, 0.25) is 0 Å². The molecule has 0 bridgehead atoms. The molecular formula is C21H24N4O3S. The van der Waals surface area contributed by atoms with Crippen LogP contribution in [-0.2, 0) is 29.0 Å². The van der Waals surface area contributed by atoms with Crippen molar-refractivity contribution in [1.82, 2.24) is 20.4 Å². The van der Waals surface area contributed by atoms with Crippen LogP contribution in [0, 0.1) is 0 Å². The number of hydrogen-bond donors (Lipinski definition) is 1. The monoisotopic (exact) mass is 412 g/mol. The Hall–Kier alpha value is -2.55. The Morgan fingerprint density at radius 2 is 2.00 bits per heavy atom. The number of ether oxygens (including phenoxy) is 1. The number of nitrogens with zero attached hydrogens (tertiary/aromatic N) is 3. The second-order valence-corrected chi connectivity index (χ2v) is 7.74. The highest BCUT2D eigenvalue weighted by atomic mass is 32.1. The zero-order chi connectivity index (χ0) is 19.9. The zero-order valence-electron chi connectivity index (χ0n) is 16.2. The highest BCUT2D eigenvalue weighted by Gasteiger charge is 2.14. The summed E-state index contributed by atoms with van der Waals surface area (Å²) in [5.74, 6) is 1.02. The summed E-state index contributed by atoms with van der Waals surface area (Å²) in [6, 6.07) is 10.2. The molecule has 7 nitrogen and oxygen atoms in total. The third-order valence-electron chi connectivity index (χ3n) is 4.91. The number of nitrogens with one attached hydrogen (secondary N) is 1. The molecule has 0 aliphatic carbocycles. The van der Waals surface area contributed by atoms with Crippen LogP contribution in [0.4, 0.5) is 0 Å². The minimum Gasteiger partial charge on any atom is -0.379 e. The average Bonchev–Trinajstić information content (AvgIpc) is 3.44. The van der Waals surface area contributed by atoms with Crippen molar-refractivity contribution in [3.63, 3.8) is 0 Å². The van der Waals surface area contributed by atoms with Gasteiger partial charge in [0.05, 0.1) is 13.2 Å². The number of amides is 1. The third kappa shape index (κ3) is 5.50. The Bertz CT molecular complexity index is 920. The van der Waals surface area contributed by atoms with Crippen molar-refractivity contribution >= 4 is 17.2 Å². The number of rotatable bonds is 8. The van der Waals surface area contributed by atoms with Crippen LogP contribution in [0.1, 0.15) is 23.4 Å². The fraction of sp³-hybridized carbons (Fsp3) is 0.381. The minimum atomic E-state index is -0.0264. The molecule has 0 unspecified atom stereocenters. The number of carbonyl (C=O) groups is 1. The van der Waals surface area contributed by atoms with E-state index in [0.717, 1.165) is 44.0 Å². The molecule has 1 N–H and O–H groups in total. The fourth-order valence-corrected chi connectivity index (χ4v) is 3.89. The maximum Gasteiger partial charge on any atom is 0.227 e. The van der Waals surface area contributed by atoms with Gasteiger partial charge in [-0.1, -0.05) is 29.4 Å². The lowest BCUT2D eigenvalue weighted by molar-refractivity contribution is -0.121. The number of benzene rings is 1. The lowest BCUT2D eigenvalue weighted by Gasteiger charge is -2.27. The van der Waals surface area contributed by atoms with E-state index >= 15 is 0 Å². The van der Waals surface area contributed by atoms with E-state index in [1.54, 1.807) is 11.3 Å². The van der Waals surface area contributed by atoms with E-state index in [1.807, 2.05) is 29.0 Å². The number of morpholine rings is 1. The van der Waals surface area contributed by atoms with E-state index in [9.17, 15) is 4.79 Å². The first-order valence-corrected chi connectivity index (χ1v) is 10.7. The molecule has 0 saturated carbocycles. The van der Waals surface area contributed by atoms with Gasteiger partial charge in [-0.05, 0) is 22.6 Å². The van der Waals surface area contributed by atoms with Crippen molar-refractivity contribution in [3.8, 4) is 11.4 Å². The smallest absolute Gasteiger partial charge is 0.227 e. The van der Waals surface area contributed by atoms with E-state index < -0.39 is 0 Å². The van der Waals surface area contributed by atoms with Gasteiger partial charge in [-0.15, -0.1) is 0 Å². The Labute approximate surface area is 173 Å². The molecule has 0 radical (unpaired) electrons. The van der Waals surface area contributed by atoms with Crippen LogP contribution in [0.25, 0.3) is 11.4 Å². The summed E-state index contributed by atoms with van der Waals surface area (Å²) in [5.41, 5.74) is 3.32. The average molecular weight is 413 g/mol. The highest BCUT2D eigenvalue weighted by Crippen LogP contribution is 2.19. The fourth-order valence-electron chi connectivity index (χ4n) is 3.25. The molecule has 4 rings (SSSR count). The normalized spacial score (nSPS) is 14.8.